The molecule has 2 rings (SSSR count). The normalized spacial score (nSPS) is 13.1. The van der Waals surface area contributed by atoms with E-state index in [9.17, 15) is 0 Å². The molecular formula is C14H22N4S2. The Balaban J connectivity index is 2.24. The van der Waals surface area contributed by atoms with Gasteiger partial charge >= 0.3 is 0 Å². The summed E-state index contributed by atoms with van der Waals surface area (Å²) < 4.78 is 4.15. The summed E-state index contributed by atoms with van der Waals surface area (Å²) in [5.41, 5.74) is 2.26. The summed E-state index contributed by atoms with van der Waals surface area (Å²) in [6.07, 6.45) is 0.913. The summed E-state index contributed by atoms with van der Waals surface area (Å²) in [6.45, 7) is 11.6. The van der Waals surface area contributed by atoms with Crippen LogP contribution in [0.15, 0.2) is 0 Å². The van der Waals surface area contributed by atoms with Gasteiger partial charge in [-0.2, -0.15) is 0 Å². The van der Waals surface area contributed by atoms with Gasteiger partial charge in [-0.05, 0) is 37.8 Å². The predicted molar refractivity (Wildman–Crippen MR) is 85.7 cm³/mol. The molecule has 0 fully saturated rings. The number of likely N-dealkylation sites (N-methyl/N-ethyl adjacent to an activating group) is 1. The van der Waals surface area contributed by atoms with Gasteiger partial charge in [0, 0.05) is 11.3 Å². The molecule has 6 heteroatoms. The second-order valence-electron chi connectivity index (χ2n) is 5.24. The second kappa shape index (κ2) is 6.74. The summed E-state index contributed by atoms with van der Waals surface area (Å²) in [6, 6.07) is 0.266. The minimum absolute atomic E-state index is 0.266. The van der Waals surface area contributed by atoms with Crippen molar-refractivity contribution in [3.8, 4) is 0 Å². The highest BCUT2D eigenvalue weighted by Gasteiger charge is 2.22. The van der Waals surface area contributed by atoms with Crippen molar-refractivity contribution in [2.45, 2.75) is 53.0 Å². The lowest BCUT2D eigenvalue weighted by atomic mass is 10.0. The van der Waals surface area contributed by atoms with Crippen LogP contribution >= 0.6 is 22.9 Å². The van der Waals surface area contributed by atoms with Gasteiger partial charge in [0.2, 0.25) is 0 Å². The Morgan fingerprint density at radius 1 is 1.25 bits per heavy atom. The summed E-state index contributed by atoms with van der Waals surface area (Å²) >= 11 is 3.30. The molecule has 1 atom stereocenters. The Kier molecular flexibility index (Phi) is 5.23. The largest absolute Gasteiger partial charge is 0.309 e. The summed E-state index contributed by atoms with van der Waals surface area (Å²) in [5, 5.41) is 9.04. The van der Waals surface area contributed by atoms with Crippen molar-refractivity contribution in [3.05, 3.63) is 26.1 Å². The van der Waals surface area contributed by atoms with Gasteiger partial charge in [0.1, 0.15) is 0 Å². The van der Waals surface area contributed by atoms with Crippen LogP contribution in [-0.2, 0) is 6.42 Å². The van der Waals surface area contributed by atoms with E-state index in [4.69, 9.17) is 0 Å². The smallest absolute Gasteiger partial charge is 0.0950 e. The standard InChI is InChI=1S/C14H22N4S2/c1-6-15-11(7-12-16-9(4)10(5)19-12)14-13(8(2)3)17-18-20-14/h8,11,15H,6-7H2,1-5H3. The number of rotatable bonds is 6. The summed E-state index contributed by atoms with van der Waals surface area (Å²) in [5.74, 6) is 0.407. The minimum Gasteiger partial charge on any atom is -0.309 e. The van der Waals surface area contributed by atoms with Crippen LogP contribution in [0.5, 0.6) is 0 Å². The molecule has 2 aromatic rings. The maximum Gasteiger partial charge on any atom is 0.0950 e. The first-order valence-corrected chi connectivity index (χ1v) is 8.60. The zero-order chi connectivity index (χ0) is 14.7. The number of hydrogen-bond acceptors (Lipinski definition) is 6. The average molecular weight is 310 g/mol. The van der Waals surface area contributed by atoms with Crippen molar-refractivity contribution < 1.29 is 0 Å². The van der Waals surface area contributed by atoms with Gasteiger partial charge in [-0.1, -0.05) is 25.3 Å². The third-order valence-corrected chi connectivity index (χ3v) is 5.25. The zero-order valence-electron chi connectivity index (χ0n) is 12.7. The molecule has 0 spiro atoms. The Bertz CT molecular complexity index is 540. The van der Waals surface area contributed by atoms with Crippen molar-refractivity contribution in [1.29, 1.82) is 0 Å². The van der Waals surface area contributed by atoms with Gasteiger partial charge in [0.25, 0.3) is 0 Å². The van der Waals surface area contributed by atoms with Gasteiger partial charge in [0.15, 0.2) is 0 Å². The molecule has 20 heavy (non-hydrogen) atoms. The van der Waals surface area contributed by atoms with E-state index >= 15 is 0 Å². The Hall–Kier alpha value is -0.850. The van der Waals surface area contributed by atoms with Gasteiger partial charge < -0.3 is 5.32 Å². The van der Waals surface area contributed by atoms with Crippen molar-refractivity contribution in [2.75, 3.05) is 6.54 Å². The molecule has 0 saturated heterocycles. The third-order valence-electron chi connectivity index (χ3n) is 3.31. The van der Waals surface area contributed by atoms with Crippen molar-refractivity contribution >= 4 is 22.9 Å². The number of aromatic nitrogens is 3. The van der Waals surface area contributed by atoms with E-state index < -0.39 is 0 Å². The molecule has 0 bridgehead atoms. The summed E-state index contributed by atoms with van der Waals surface area (Å²) in [4.78, 5) is 7.22. The van der Waals surface area contributed by atoms with Crippen molar-refractivity contribution in [1.82, 2.24) is 19.9 Å². The van der Waals surface area contributed by atoms with Crippen LogP contribution < -0.4 is 5.32 Å². The van der Waals surface area contributed by atoms with E-state index in [2.05, 4.69) is 54.5 Å². The topological polar surface area (TPSA) is 50.7 Å². The maximum absolute atomic E-state index is 4.66. The van der Waals surface area contributed by atoms with Crippen LogP contribution in [0.3, 0.4) is 0 Å². The molecule has 0 amide bonds. The molecule has 0 saturated carbocycles. The maximum atomic E-state index is 4.66. The van der Waals surface area contributed by atoms with Crippen molar-refractivity contribution in [2.24, 2.45) is 0 Å². The average Bonchev–Trinajstić information content (AvgIpc) is 2.97. The van der Waals surface area contributed by atoms with Crippen molar-refractivity contribution in [3.63, 3.8) is 0 Å². The van der Waals surface area contributed by atoms with Crippen LogP contribution in [0.2, 0.25) is 0 Å². The van der Waals surface area contributed by atoms with Crippen LogP contribution in [0.4, 0.5) is 0 Å². The SMILES string of the molecule is CCNC(Cc1nc(C)c(C)s1)c1snnc1C(C)C. The molecule has 2 heterocycles. The lowest BCUT2D eigenvalue weighted by Crippen LogP contribution is -2.23. The van der Waals surface area contributed by atoms with E-state index in [1.165, 1.54) is 26.3 Å². The highest BCUT2D eigenvalue weighted by Crippen LogP contribution is 2.30. The van der Waals surface area contributed by atoms with E-state index in [1.54, 1.807) is 11.3 Å². The third kappa shape index (κ3) is 3.42. The first kappa shape index (κ1) is 15.5. The first-order chi connectivity index (χ1) is 9.52. The van der Waals surface area contributed by atoms with Crippen LogP contribution in [0.1, 0.15) is 58.9 Å². The number of hydrogen-bond donors (Lipinski definition) is 1. The lowest BCUT2D eigenvalue weighted by molar-refractivity contribution is 0.547. The first-order valence-electron chi connectivity index (χ1n) is 7.01. The Morgan fingerprint density at radius 2 is 2.00 bits per heavy atom. The van der Waals surface area contributed by atoms with Crippen LogP contribution in [0.25, 0.3) is 0 Å². The Morgan fingerprint density at radius 3 is 2.55 bits per heavy atom. The fourth-order valence-electron chi connectivity index (χ4n) is 2.15. The molecule has 4 nitrogen and oxygen atoms in total. The van der Waals surface area contributed by atoms with Gasteiger partial charge in [-0.25, -0.2) is 4.98 Å². The molecule has 0 aliphatic rings. The van der Waals surface area contributed by atoms with Gasteiger partial charge in [-0.15, -0.1) is 16.4 Å². The molecule has 0 aliphatic carbocycles. The molecule has 1 N–H and O–H groups in total. The molecule has 0 aliphatic heterocycles. The second-order valence-corrected chi connectivity index (χ2v) is 7.31. The fraction of sp³-hybridized carbons (Fsp3) is 0.643. The lowest BCUT2D eigenvalue weighted by Gasteiger charge is -2.16. The van der Waals surface area contributed by atoms with E-state index in [0.717, 1.165) is 24.4 Å². The molecular weight excluding hydrogens is 288 g/mol. The van der Waals surface area contributed by atoms with Gasteiger partial charge in [0.05, 0.1) is 27.3 Å². The number of nitrogens with zero attached hydrogens (tertiary/aromatic N) is 3. The minimum atomic E-state index is 0.266. The molecule has 1 unspecified atom stereocenters. The quantitative estimate of drug-likeness (QED) is 0.885. The Labute approximate surface area is 128 Å². The van der Waals surface area contributed by atoms with Gasteiger partial charge in [-0.3, -0.25) is 0 Å². The number of nitrogens with one attached hydrogen (secondary N) is 1. The molecule has 2 aromatic heterocycles. The number of aryl methyl sites for hydroxylation is 2. The van der Waals surface area contributed by atoms with E-state index in [0.29, 0.717) is 5.92 Å². The van der Waals surface area contributed by atoms with Crippen LogP contribution in [-0.4, -0.2) is 21.1 Å². The predicted octanol–water partition coefficient (Wildman–Crippen LogP) is 3.63. The molecule has 110 valence electrons. The highest BCUT2D eigenvalue weighted by molar-refractivity contribution is 7.11. The highest BCUT2D eigenvalue weighted by atomic mass is 32.1. The van der Waals surface area contributed by atoms with E-state index in [1.807, 2.05) is 0 Å². The molecule has 0 aromatic carbocycles. The monoisotopic (exact) mass is 310 g/mol. The fourth-order valence-corrected chi connectivity index (χ4v) is 4.01. The zero-order valence-corrected chi connectivity index (χ0v) is 14.4. The van der Waals surface area contributed by atoms with E-state index in [-0.39, 0.29) is 6.04 Å². The molecule has 0 radical (unpaired) electrons. The van der Waals surface area contributed by atoms with Crippen LogP contribution in [0, 0.1) is 13.8 Å². The number of thiazole rings is 1. The summed E-state index contributed by atoms with van der Waals surface area (Å²) in [7, 11) is 0.